The van der Waals surface area contributed by atoms with Crippen molar-refractivity contribution in [1.82, 2.24) is 9.61 Å². The number of nitrogen functional groups attached to an aromatic ring is 1. The van der Waals surface area contributed by atoms with E-state index < -0.39 is 0 Å². The van der Waals surface area contributed by atoms with E-state index in [1.807, 2.05) is 10.6 Å². The van der Waals surface area contributed by atoms with E-state index in [1.54, 1.807) is 0 Å². The number of aromatic nitrogens is 2. The lowest BCUT2D eigenvalue weighted by Crippen LogP contribution is -3.00. The summed E-state index contributed by atoms with van der Waals surface area (Å²) in [5.41, 5.74) is 10.2. The van der Waals surface area contributed by atoms with Crippen LogP contribution in [-0.4, -0.2) is 48.3 Å². The molecule has 0 amide bonds. The molecule has 2 aromatic rings. The molecule has 112 valence electrons. The molecule has 0 saturated carbocycles. The summed E-state index contributed by atoms with van der Waals surface area (Å²) in [5, 5.41) is 7.90. The van der Waals surface area contributed by atoms with Gasteiger partial charge in [0.15, 0.2) is 5.82 Å². The molecule has 2 heterocycles. The van der Waals surface area contributed by atoms with Gasteiger partial charge in [-0.05, 0) is 25.5 Å². The van der Waals surface area contributed by atoms with Crippen LogP contribution < -0.4 is 23.5 Å². The van der Waals surface area contributed by atoms with Gasteiger partial charge in [0.25, 0.3) is 0 Å². The second kappa shape index (κ2) is 5.89. The molecular formula is C14H24ClN5. The van der Waals surface area contributed by atoms with Crippen molar-refractivity contribution in [3.63, 3.8) is 0 Å². The fraction of sp³-hybridized carbons (Fsp3) is 0.500. The molecule has 0 bridgehead atoms. The zero-order chi connectivity index (χ0) is 14.2. The standard InChI is InChI=1S/C14H24N5.ClH/c1-10-6-7-12-13(15)14(17-18(12)11(10)2)16-8-9-19(3,4)5;/h6-7H,8-9,15H2,1-5H3,(H,16,17);1H/q+1;/p-1. The number of quaternary nitrogens is 1. The lowest BCUT2D eigenvalue weighted by molar-refractivity contribution is -0.868. The maximum atomic E-state index is 6.16. The summed E-state index contributed by atoms with van der Waals surface area (Å²) in [6, 6.07) is 4.11. The van der Waals surface area contributed by atoms with Crippen molar-refractivity contribution in [2.24, 2.45) is 0 Å². The highest BCUT2D eigenvalue weighted by atomic mass is 35.5. The summed E-state index contributed by atoms with van der Waals surface area (Å²) >= 11 is 0. The summed E-state index contributed by atoms with van der Waals surface area (Å²) in [6.07, 6.45) is 0. The molecule has 0 unspecified atom stereocenters. The van der Waals surface area contributed by atoms with Gasteiger partial charge in [0.1, 0.15) is 5.69 Å². The number of likely N-dealkylation sites (N-methyl/N-ethyl adjacent to an activating group) is 1. The Hall–Kier alpha value is -1.46. The summed E-state index contributed by atoms with van der Waals surface area (Å²) in [4.78, 5) is 0. The Morgan fingerprint density at radius 1 is 1.25 bits per heavy atom. The molecule has 0 saturated heterocycles. The number of halogens is 1. The molecule has 0 aliphatic rings. The second-order valence-electron chi connectivity index (χ2n) is 6.10. The molecule has 2 aromatic heterocycles. The average molecular weight is 298 g/mol. The van der Waals surface area contributed by atoms with E-state index in [4.69, 9.17) is 5.73 Å². The van der Waals surface area contributed by atoms with Gasteiger partial charge in [0.2, 0.25) is 0 Å². The first-order valence-corrected chi connectivity index (χ1v) is 6.58. The van der Waals surface area contributed by atoms with Crippen LogP contribution in [0.2, 0.25) is 0 Å². The smallest absolute Gasteiger partial charge is 0.172 e. The molecule has 0 aliphatic heterocycles. The van der Waals surface area contributed by atoms with Crippen molar-refractivity contribution in [2.45, 2.75) is 13.8 Å². The topological polar surface area (TPSA) is 55.3 Å². The molecule has 2 rings (SSSR count). The van der Waals surface area contributed by atoms with Crippen molar-refractivity contribution in [2.75, 3.05) is 45.3 Å². The first-order valence-electron chi connectivity index (χ1n) is 6.58. The fourth-order valence-corrected chi connectivity index (χ4v) is 1.99. The Morgan fingerprint density at radius 2 is 1.90 bits per heavy atom. The van der Waals surface area contributed by atoms with Gasteiger partial charge in [-0.1, -0.05) is 6.07 Å². The SMILES string of the molecule is Cc1ccc2c(N)c(NCC[N+](C)(C)C)nn2c1C.[Cl-]. The summed E-state index contributed by atoms with van der Waals surface area (Å²) in [5.74, 6) is 0.780. The van der Waals surface area contributed by atoms with Crippen LogP contribution in [0, 0.1) is 13.8 Å². The van der Waals surface area contributed by atoms with Crippen LogP contribution in [0.4, 0.5) is 11.5 Å². The highest BCUT2D eigenvalue weighted by molar-refractivity contribution is 5.81. The first kappa shape index (κ1) is 16.6. The number of hydrogen-bond acceptors (Lipinski definition) is 3. The van der Waals surface area contributed by atoms with E-state index in [0.717, 1.165) is 40.3 Å². The van der Waals surface area contributed by atoms with Gasteiger partial charge in [-0.2, -0.15) is 0 Å². The maximum Gasteiger partial charge on any atom is 0.172 e. The second-order valence-corrected chi connectivity index (χ2v) is 6.10. The molecule has 0 aliphatic carbocycles. The van der Waals surface area contributed by atoms with Gasteiger partial charge in [-0.15, -0.1) is 5.10 Å². The predicted molar refractivity (Wildman–Crippen MR) is 80.5 cm³/mol. The van der Waals surface area contributed by atoms with Crippen molar-refractivity contribution in [1.29, 1.82) is 0 Å². The van der Waals surface area contributed by atoms with Crippen molar-refractivity contribution in [3.05, 3.63) is 23.4 Å². The van der Waals surface area contributed by atoms with Crippen molar-refractivity contribution in [3.8, 4) is 0 Å². The molecule has 3 N–H and O–H groups in total. The molecule has 0 fully saturated rings. The number of nitrogens with one attached hydrogen (secondary N) is 1. The Balaban J connectivity index is 0.00000200. The third-order valence-corrected chi connectivity index (χ3v) is 3.41. The highest BCUT2D eigenvalue weighted by Crippen LogP contribution is 2.24. The normalized spacial score (nSPS) is 11.4. The number of aryl methyl sites for hydroxylation is 2. The molecule has 6 heteroatoms. The minimum Gasteiger partial charge on any atom is -1.00 e. The number of nitrogens with zero attached hydrogens (tertiary/aromatic N) is 3. The van der Waals surface area contributed by atoms with Crippen LogP contribution in [0.1, 0.15) is 11.3 Å². The molecule has 20 heavy (non-hydrogen) atoms. The Labute approximate surface area is 126 Å². The van der Waals surface area contributed by atoms with Crippen LogP contribution >= 0.6 is 0 Å². The molecular weight excluding hydrogens is 274 g/mol. The Morgan fingerprint density at radius 3 is 2.50 bits per heavy atom. The van der Waals surface area contributed by atoms with Gasteiger partial charge < -0.3 is 27.9 Å². The van der Waals surface area contributed by atoms with Gasteiger partial charge in [-0.3, -0.25) is 0 Å². The molecule has 5 nitrogen and oxygen atoms in total. The first-order chi connectivity index (χ1) is 8.79. The minimum atomic E-state index is 0. The van der Waals surface area contributed by atoms with Crippen LogP contribution in [0.25, 0.3) is 5.52 Å². The number of rotatable bonds is 4. The number of fused-ring (bicyclic) bond motifs is 1. The van der Waals surface area contributed by atoms with E-state index in [9.17, 15) is 0 Å². The molecule has 0 atom stereocenters. The fourth-order valence-electron chi connectivity index (χ4n) is 1.99. The minimum absolute atomic E-state index is 0. The average Bonchev–Trinajstić information content (AvgIpc) is 2.61. The van der Waals surface area contributed by atoms with E-state index in [0.29, 0.717) is 0 Å². The number of hydrogen-bond donors (Lipinski definition) is 2. The highest BCUT2D eigenvalue weighted by Gasteiger charge is 2.13. The Kier molecular flexibility index (Phi) is 4.89. The number of anilines is 2. The largest absolute Gasteiger partial charge is 1.00 e. The third-order valence-electron chi connectivity index (χ3n) is 3.41. The van der Waals surface area contributed by atoms with E-state index in [1.165, 1.54) is 5.56 Å². The van der Waals surface area contributed by atoms with E-state index >= 15 is 0 Å². The summed E-state index contributed by atoms with van der Waals surface area (Å²) < 4.78 is 2.83. The number of pyridine rings is 1. The van der Waals surface area contributed by atoms with E-state index in [-0.39, 0.29) is 12.4 Å². The summed E-state index contributed by atoms with van der Waals surface area (Å²) in [6.45, 7) is 6.02. The third kappa shape index (κ3) is 3.35. The zero-order valence-electron chi connectivity index (χ0n) is 12.9. The maximum absolute atomic E-state index is 6.16. The van der Waals surface area contributed by atoms with Crippen LogP contribution in [0.3, 0.4) is 0 Å². The van der Waals surface area contributed by atoms with Crippen molar-refractivity contribution < 1.29 is 16.9 Å². The molecule has 0 radical (unpaired) electrons. The quantitative estimate of drug-likeness (QED) is 0.687. The van der Waals surface area contributed by atoms with Gasteiger partial charge in [-0.25, -0.2) is 4.52 Å². The van der Waals surface area contributed by atoms with Gasteiger partial charge >= 0.3 is 0 Å². The monoisotopic (exact) mass is 297 g/mol. The Bertz CT molecular complexity index is 598. The van der Waals surface area contributed by atoms with Crippen LogP contribution in [-0.2, 0) is 0 Å². The van der Waals surface area contributed by atoms with E-state index in [2.05, 4.69) is 51.5 Å². The van der Waals surface area contributed by atoms with Crippen molar-refractivity contribution >= 4 is 17.0 Å². The lowest BCUT2D eigenvalue weighted by Gasteiger charge is -2.23. The molecule has 0 spiro atoms. The number of nitrogens with two attached hydrogens (primary N) is 1. The predicted octanol–water partition coefficient (Wildman–Crippen LogP) is -1.34. The summed E-state index contributed by atoms with van der Waals surface area (Å²) in [7, 11) is 6.51. The molecule has 0 aromatic carbocycles. The zero-order valence-corrected chi connectivity index (χ0v) is 13.6. The van der Waals surface area contributed by atoms with Crippen LogP contribution in [0.5, 0.6) is 0 Å². The van der Waals surface area contributed by atoms with Gasteiger partial charge in [0.05, 0.1) is 39.7 Å². The van der Waals surface area contributed by atoms with Gasteiger partial charge in [0, 0.05) is 5.69 Å². The van der Waals surface area contributed by atoms with Crippen LogP contribution in [0.15, 0.2) is 12.1 Å². The lowest BCUT2D eigenvalue weighted by atomic mass is 10.2.